The van der Waals surface area contributed by atoms with Gasteiger partial charge in [0.2, 0.25) is 5.91 Å². The van der Waals surface area contributed by atoms with Gasteiger partial charge in [0, 0.05) is 0 Å². The van der Waals surface area contributed by atoms with Crippen LogP contribution in [0.5, 0.6) is 0 Å². The van der Waals surface area contributed by atoms with Crippen LogP contribution in [0, 0.1) is 11.8 Å². The van der Waals surface area contributed by atoms with Crippen LogP contribution in [0.25, 0.3) is 0 Å². The highest BCUT2D eigenvalue weighted by Crippen LogP contribution is 2.43. The maximum absolute atomic E-state index is 12.2. The summed E-state index contributed by atoms with van der Waals surface area (Å²) < 4.78 is 5.63. The quantitative estimate of drug-likeness (QED) is 0.663. The molecule has 2 aliphatic rings. The molecule has 90 valence electrons. The normalized spacial score (nSPS) is 36.6. The fourth-order valence-corrected chi connectivity index (χ4v) is 3.11. The van der Waals surface area contributed by atoms with Gasteiger partial charge in [0.1, 0.15) is 17.4 Å². The van der Waals surface area contributed by atoms with Crippen LogP contribution in [0.2, 0.25) is 0 Å². The topological polar surface area (TPSA) is 46.6 Å². The van der Waals surface area contributed by atoms with E-state index in [-0.39, 0.29) is 23.7 Å². The SMILES string of the molecule is CC[C@H]1[C@H](C(C)=O)C(=O)N2[C@@H]1COC2(C)C. The molecule has 0 saturated carbocycles. The van der Waals surface area contributed by atoms with Crippen molar-refractivity contribution in [1.29, 1.82) is 0 Å². The molecule has 0 spiro atoms. The minimum absolute atomic E-state index is 0.0120. The Bertz CT molecular complexity index is 337. The number of ether oxygens (including phenoxy) is 1. The van der Waals surface area contributed by atoms with Gasteiger partial charge in [-0.1, -0.05) is 13.3 Å². The average Bonchev–Trinajstić information content (AvgIpc) is 2.63. The van der Waals surface area contributed by atoms with E-state index in [0.29, 0.717) is 6.61 Å². The number of carbonyl (C=O) groups excluding carboxylic acids is 2. The number of hydrogen-bond acceptors (Lipinski definition) is 3. The molecule has 0 aliphatic carbocycles. The molecule has 1 amide bonds. The van der Waals surface area contributed by atoms with Gasteiger partial charge in [-0.2, -0.15) is 0 Å². The molecule has 0 aromatic rings. The lowest BCUT2D eigenvalue weighted by molar-refractivity contribution is -0.147. The molecule has 0 aromatic carbocycles. The molecule has 2 aliphatic heterocycles. The first-order valence-corrected chi connectivity index (χ1v) is 5.87. The first-order chi connectivity index (χ1) is 7.40. The Morgan fingerprint density at radius 3 is 2.69 bits per heavy atom. The molecule has 4 nitrogen and oxygen atoms in total. The lowest BCUT2D eigenvalue weighted by atomic mass is 9.86. The highest BCUT2D eigenvalue weighted by atomic mass is 16.5. The largest absolute Gasteiger partial charge is 0.354 e. The molecule has 4 heteroatoms. The predicted molar refractivity (Wildman–Crippen MR) is 58.6 cm³/mol. The molecule has 0 unspecified atom stereocenters. The van der Waals surface area contributed by atoms with Crippen LogP contribution in [-0.4, -0.2) is 35.0 Å². The number of hydrogen-bond donors (Lipinski definition) is 0. The molecule has 2 rings (SSSR count). The molecule has 0 aromatic heterocycles. The Kier molecular flexibility index (Phi) is 2.57. The third-order valence-corrected chi connectivity index (χ3v) is 3.85. The smallest absolute Gasteiger partial charge is 0.236 e. The Morgan fingerprint density at radius 2 is 2.19 bits per heavy atom. The van der Waals surface area contributed by atoms with Gasteiger partial charge in [0.25, 0.3) is 0 Å². The molecule has 16 heavy (non-hydrogen) atoms. The predicted octanol–water partition coefficient (Wildman–Crippen LogP) is 1.19. The van der Waals surface area contributed by atoms with Gasteiger partial charge < -0.3 is 9.64 Å². The van der Waals surface area contributed by atoms with Crippen molar-refractivity contribution in [2.75, 3.05) is 6.61 Å². The average molecular weight is 225 g/mol. The third-order valence-electron chi connectivity index (χ3n) is 3.85. The van der Waals surface area contributed by atoms with E-state index in [0.717, 1.165) is 6.42 Å². The van der Waals surface area contributed by atoms with Crippen molar-refractivity contribution in [3.63, 3.8) is 0 Å². The number of Topliss-reactive ketones (excluding diaryl/α,β-unsaturated/α-hetero) is 1. The van der Waals surface area contributed by atoms with E-state index in [2.05, 4.69) is 0 Å². The molecule has 0 radical (unpaired) electrons. The van der Waals surface area contributed by atoms with E-state index >= 15 is 0 Å². The first-order valence-electron chi connectivity index (χ1n) is 5.87. The van der Waals surface area contributed by atoms with Gasteiger partial charge in [-0.25, -0.2) is 0 Å². The number of rotatable bonds is 2. The van der Waals surface area contributed by atoms with Crippen LogP contribution in [-0.2, 0) is 14.3 Å². The van der Waals surface area contributed by atoms with E-state index in [1.54, 1.807) is 4.90 Å². The maximum atomic E-state index is 12.2. The minimum Gasteiger partial charge on any atom is -0.354 e. The monoisotopic (exact) mass is 225 g/mol. The molecule has 3 atom stereocenters. The summed E-state index contributed by atoms with van der Waals surface area (Å²) in [6, 6.07) is 0.0846. The second-order valence-electron chi connectivity index (χ2n) is 5.19. The summed E-state index contributed by atoms with van der Waals surface area (Å²) >= 11 is 0. The van der Waals surface area contributed by atoms with Crippen LogP contribution in [0.15, 0.2) is 0 Å². The first kappa shape index (κ1) is 11.6. The van der Waals surface area contributed by atoms with E-state index in [4.69, 9.17) is 4.74 Å². The van der Waals surface area contributed by atoms with Crippen LogP contribution < -0.4 is 0 Å². The van der Waals surface area contributed by atoms with Crippen LogP contribution >= 0.6 is 0 Å². The van der Waals surface area contributed by atoms with Crippen molar-refractivity contribution in [2.24, 2.45) is 11.8 Å². The molecule has 2 heterocycles. The molecule has 0 bridgehead atoms. The van der Waals surface area contributed by atoms with E-state index in [9.17, 15) is 9.59 Å². The second-order valence-corrected chi connectivity index (χ2v) is 5.19. The number of carbonyl (C=O) groups is 2. The summed E-state index contributed by atoms with van der Waals surface area (Å²) in [6.07, 6.45) is 0.844. The zero-order valence-corrected chi connectivity index (χ0v) is 10.3. The molecule has 2 saturated heterocycles. The van der Waals surface area contributed by atoms with Crippen LogP contribution in [0.4, 0.5) is 0 Å². The summed E-state index contributed by atoms with van der Waals surface area (Å²) in [5.41, 5.74) is -0.556. The summed E-state index contributed by atoms with van der Waals surface area (Å²) in [4.78, 5) is 25.6. The van der Waals surface area contributed by atoms with E-state index in [1.807, 2.05) is 20.8 Å². The van der Waals surface area contributed by atoms with Crippen molar-refractivity contribution in [1.82, 2.24) is 4.90 Å². The maximum Gasteiger partial charge on any atom is 0.236 e. The van der Waals surface area contributed by atoms with Crippen LogP contribution in [0.3, 0.4) is 0 Å². The van der Waals surface area contributed by atoms with Crippen molar-refractivity contribution in [2.45, 2.75) is 45.9 Å². The molecule has 2 fully saturated rings. The molecule has 0 N–H and O–H groups in total. The van der Waals surface area contributed by atoms with E-state index < -0.39 is 11.6 Å². The van der Waals surface area contributed by atoms with E-state index in [1.165, 1.54) is 6.92 Å². The Morgan fingerprint density at radius 1 is 1.56 bits per heavy atom. The van der Waals surface area contributed by atoms with Crippen LogP contribution in [0.1, 0.15) is 34.1 Å². The van der Waals surface area contributed by atoms with Gasteiger partial charge in [0.05, 0.1) is 12.6 Å². The number of ketones is 1. The molecular weight excluding hydrogens is 206 g/mol. The lowest BCUT2D eigenvalue weighted by Gasteiger charge is -2.29. The third kappa shape index (κ3) is 1.39. The van der Waals surface area contributed by atoms with Gasteiger partial charge in [-0.15, -0.1) is 0 Å². The fourth-order valence-electron chi connectivity index (χ4n) is 3.11. The van der Waals surface area contributed by atoms with Gasteiger partial charge in [-0.3, -0.25) is 9.59 Å². The van der Waals surface area contributed by atoms with Gasteiger partial charge in [-0.05, 0) is 26.7 Å². The van der Waals surface area contributed by atoms with Gasteiger partial charge in [0.15, 0.2) is 0 Å². The Labute approximate surface area is 95.9 Å². The Hall–Kier alpha value is -0.900. The summed E-state index contributed by atoms with van der Waals surface area (Å²) in [5.74, 6) is -0.390. The van der Waals surface area contributed by atoms with Crippen molar-refractivity contribution < 1.29 is 14.3 Å². The number of fused-ring (bicyclic) bond motifs is 1. The fraction of sp³-hybridized carbons (Fsp3) is 0.833. The zero-order chi connectivity index (χ0) is 12.1. The number of amides is 1. The number of nitrogens with zero attached hydrogens (tertiary/aromatic N) is 1. The van der Waals surface area contributed by atoms with Crippen molar-refractivity contribution >= 4 is 11.7 Å². The van der Waals surface area contributed by atoms with Crippen molar-refractivity contribution in [3.8, 4) is 0 Å². The van der Waals surface area contributed by atoms with Gasteiger partial charge >= 0.3 is 0 Å². The summed E-state index contributed by atoms with van der Waals surface area (Å²) in [5, 5.41) is 0. The summed E-state index contributed by atoms with van der Waals surface area (Å²) in [7, 11) is 0. The van der Waals surface area contributed by atoms with Crippen molar-refractivity contribution in [3.05, 3.63) is 0 Å². The lowest BCUT2D eigenvalue weighted by Crippen LogP contribution is -2.44. The zero-order valence-electron chi connectivity index (χ0n) is 10.3. The minimum atomic E-state index is -0.556. The summed E-state index contributed by atoms with van der Waals surface area (Å²) in [6.45, 7) is 7.88. The molecular formula is C12H19NO3. The Balaban J connectivity index is 2.36. The second kappa shape index (κ2) is 3.55. The standard InChI is InChI=1S/C12H19NO3/c1-5-8-9-6-16-12(3,4)13(9)11(15)10(8)7(2)14/h8-10H,5-6H2,1-4H3/t8-,9-,10+/m1/s1. The highest BCUT2D eigenvalue weighted by Gasteiger charge is 2.57. The highest BCUT2D eigenvalue weighted by molar-refractivity contribution is 6.02.